The summed E-state index contributed by atoms with van der Waals surface area (Å²) in [5, 5.41) is 0. The van der Waals surface area contributed by atoms with Gasteiger partial charge in [0, 0.05) is 6.42 Å². The van der Waals surface area contributed by atoms with Gasteiger partial charge in [0.1, 0.15) is 11.2 Å². The SMILES string of the molecule is CCOC(=O)[C@@]1(F)C[C@]1(C(=O)OC)N(C(=O)OC(C)(C)C)C(=O)OC(C)(C)C. The van der Waals surface area contributed by atoms with Gasteiger partial charge >= 0.3 is 24.1 Å². The van der Waals surface area contributed by atoms with Crippen molar-refractivity contribution in [3.8, 4) is 0 Å². The molecule has 0 unspecified atom stereocenters. The minimum absolute atomic E-state index is 0.166. The zero-order chi connectivity index (χ0) is 22.1. The lowest BCUT2D eigenvalue weighted by molar-refractivity contribution is -0.161. The van der Waals surface area contributed by atoms with Crippen molar-refractivity contribution in [1.29, 1.82) is 0 Å². The minimum atomic E-state index is -2.98. The minimum Gasteiger partial charge on any atom is -0.467 e. The third-order valence-corrected chi connectivity index (χ3v) is 3.69. The fourth-order valence-corrected chi connectivity index (χ4v) is 2.55. The van der Waals surface area contributed by atoms with Crippen LogP contribution < -0.4 is 0 Å². The van der Waals surface area contributed by atoms with Crippen molar-refractivity contribution in [2.75, 3.05) is 13.7 Å². The Bertz CT molecular complexity index is 637. The van der Waals surface area contributed by atoms with Crippen molar-refractivity contribution in [2.45, 2.75) is 77.3 Å². The van der Waals surface area contributed by atoms with Crippen LogP contribution in [0.1, 0.15) is 54.9 Å². The molecule has 0 bridgehead atoms. The normalized spacial score (nSPS) is 24.0. The topological polar surface area (TPSA) is 108 Å². The predicted molar refractivity (Wildman–Crippen MR) is 94.1 cm³/mol. The first-order valence-corrected chi connectivity index (χ1v) is 8.76. The molecule has 10 heteroatoms. The highest BCUT2D eigenvalue weighted by Crippen LogP contribution is 2.57. The number of carbonyl (C=O) groups is 4. The van der Waals surface area contributed by atoms with Gasteiger partial charge in [0.15, 0.2) is 0 Å². The molecule has 0 aromatic rings. The van der Waals surface area contributed by atoms with Crippen molar-refractivity contribution in [1.82, 2.24) is 4.90 Å². The summed E-state index contributed by atoms with van der Waals surface area (Å²) in [6.45, 7) is 10.4. The van der Waals surface area contributed by atoms with E-state index in [9.17, 15) is 19.2 Å². The van der Waals surface area contributed by atoms with Gasteiger partial charge in [-0.2, -0.15) is 4.90 Å². The molecule has 0 aromatic heterocycles. The molecule has 0 N–H and O–H groups in total. The highest BCUT2D eigenvalue weighted by atomic mass is 19.1. The van der Waals surface area contributed by atoms with E-state index in [1.807, 2.05) is 0 Å². The van der Waals surface area contributed by atoms with Crippen LogP contribution in [0.2, 0.25) is 0 Å². The summed E-state index contributed by atoms with van der Waals surface area (Å²) in [7, 11) is 0.941. The fourth-order valence-electron chi connectivity index (χ4n) is 2.55. The van der Waals surface area contributed by atoms with E-state index in [-0.39, 0.29) is 11.5 Å². The molecular weight excluding hydrogens is 377 g/mol. The van der Waals surface area contributed by atoms with E-state index in [0.29, 0.717) is 0 Å². The molecule has 0 radical (unpaired) electrons. The molecule has 1 rings (SSSR count). The zero-order valence-corrected chi connectivity index (χ0v) is 17.5. The molecular formula is C18H28FNO8. The molecule has 0 aliphatic heterocycles. The molecule has 0 aromatic carbocycles. The number of imide groups is 1. The molecule has 0 heterocycles. The van der Waals surface area contributed by atoms with E-state index in [1.165, 1.54) is 48.5 Å². The van der Waals surface area contributed by atoms with Crippen LogP contribution in [0.25, 0.3) is 0 Å². The maximum absolute atomic E-state index is 15.4. The second kappa shape index (κ2) is 7.56. The van der Waals surface area contributed by atoms with Crippen LogP contribution in [0, 0.1) is 0 Å². The van der Waals surface area contributed by atoms with Gasteiger partial charge in [0.05, 0.1) is 13.7 Å². The number of hydrogen-bond donors (Lipinski definition) is 0. The summed E-state index contributed by atoms with van der Waals surface area (Å²) in [5.41, 5.74) is -7.72. The molecule has 28 heavy (non-hydrogen) atoms. The largest absolute Gasteiger partial charge is 0.467 e. The summed E-state index contributed by atoms with van der Waals surface area (Å²) in [6.07, 6.45) is -3.53. The molecule has 9 nitrogen and oxygen atoms in total. The highest BCUT2D eigenvalue weighted by Gasteiger charge is 2.86. The Morgan fingerprint density at radius 1 is 0.929 bits per heavy atom. The number of alkyl halides is 1. The molecule has 0 spiro atoms. The lowest BCUT2D eigenvalue weighted by atomic mass is 10.1. The molecule has 1 fully saturated rings. The van der Waals surface area contributed by atoms with Crippen molar-refractivity contribution in [3.05, 3.63) is 0 Å². The number of ether oxygens (including phenoxy) is 4. The van der Waals surface area contributed by atoms with Crippen LogP contribution in [0.5, 0.6) is 0 Å². The predicted octanol–water partition coefficient (Wildman–Crippen LogP) is 2.75. The molecule has 1 saturated carbocycles. The monoisotopic (exact) mass is 405 g/mol. The number of amides is 2. The van der Waals surface area contributed by atoms with Crippen LogP contribution in [0.4, 0.5) is 14.0 Å². The maximum Gasteiger partial charge on any atom is 0.421 e. The van der Waals surface area contributed by atoms with Crippen molar-refractivity contribution in [2.24, 2.45) is 0 Å². The van der Waals surface area contributed by atoms with Gasteiger partial charge in [0.2, 0.25) is 11.2 Å². The van der Waals surface area contributed by atoms with Gasteiger partial charge in [-0.1, -0.05) is 0 Å². The first-order valence-electron chi connectivity index (χ1n) is 8.76. The highest BCUT2D eigenvalue weighted by molar-refractivity contribution is 6.07. The van der Waals surface area contributed by atoms with Gasteiger partial charge in [-0.05, 0) is 48.5 Å². The second-order valence-electron chi connectivity index (χ2n) is 8.35. The number of carbonyl (C=O) groups excluding carboxylic acids is 4. The van der Waals surface area contributed by atoms with E-state index in [4.69, 9.17) is 9.47 Å². The Balaban J connectivity index is 3.50. The number of rotatable bonds is 4. The van der Waals surface area contributed by atoms with Gasteiger partial charge < -0.3 is 18.9 Å². The lowest BCUT2D eigenvalue weighted by Crippen LogP contribution is -2.58. The summed E-state index contributed by atoms with van der Waals surface area (Å²) < 4.78 is 35.0. The van der Waals surface area contributed by atoms with Crippen LogP contribution in [0.3, 0.4) is 0 Å². The number of methoxy groups -OCH3 is 1. The van der Waals surface area contributed by atoms with Crippen molar-refractivity contribution >= 4 is 24.1 Å². The van der Waals surface area contributed by atoms with Crippen LogP contribution in [-0.2, 0) is 28.5 Å². The summed E-state index contributed by atoms with van der Waals surface area (Å²) in [6, 6.07) is 0. The van der Waals surface area contributed by atoms with Crippen LogP contribution in [0.15, 0.2) is 0 Å². The number of esters is 2. The Hall–Kier alpha value is -2.39. The maximum atomic E-state index is 15.4. The van der Waals surface area contributed by atoms with Gasteiger partial charge in [-0.15, -0.1) is 0 Å². The third kappa shape index (κ3) is 4.53. The fraction of sp³-hybridized carbons (Fsp3) is 0.778. The average molecular weight is 405 g/mol. The Morgan fingerprint density at radius 3 is 1.68 bits per heavy atom. The Kier molecular flexibility index (Phi) is 6.38. The molecule has 160 valence electrons. The van der Waals surface area contributed by atoms with E-state index in [1.54, 1.807) is 0 Å². The molecule has 1 aliphatic carbocycles. The van der Waals surface area contributed by atoms with E-state index < -0.39 is 53.0 Å². The summed E-state index contributed by atoms with van der Waals surface area (Å²) >= 11 is 0. The number of nitrogens with zero attached hydrogens (tertiary/aromatic N) is 1. The molecule has 1 aliphatic rings. The standard InChI is InChI=1S/C18H28FNO8/c1-9-26-11(21)17(19)10-18(17,12(22)25-8)20(13(23)27-15(2,3)4)14(24)28-16(5,6)7/h9-10H2,1-8H3/t17-,18+/m0/s1. The van der Waals surface area contributed by atoms with Gasteiger partial charge in [-0.3, -0.25) is 0 Å². The van der Waals surface area contributed by atoms with Crippen LogP contribution in [-0.4, -0.2) is 65.2 Å². The second-order valence-corrected chi connectivity index (χ2v) is 8.35. The smallest absolute Gasteiger partial charge is 0.421 e. The zero-order valence-electron chi connectivity index (χ0n) is 17.5. The molecule has 2 amide bonds. The molecule has 0 saturated heterocycles. The summed E-state index contributed by atoms with van der Waals surface area (Å²) in [4.78, 5) is 50.3. The van der Waals surface area contributed by atoms with Crippen LogP contribution >= 0.6 is 0 Å². The Morgan fingerprint density at radius 2 is 1.36 bits per heavy atom. The number of halogens is 1. The average Bonchev–Trinajstić information content (AvgIpc) is 3.11. The summed E-state index contributed by atoms with van der Waals surface area (Å²) in [5.74, 6) is -2.70. The van der Waals surface area contributed by atoms with Crippen molar-refractivity contribution < 1.29 is 42.5 Å². The van der Waals surface area contributed by atoms with E-state index in [0.717, 1.165) is 7.11 Å². The first kappa shape index (κ1) is 23.6. The quantitative estimate of drug-likeness (QED) is 0.519. The molecule has 2 atom stereocenters. The van der Waals surface area contributed by atoms with Crippen molar-refractivity contribution in [3.63, 3.8) is 0 Å². The Labute approximate surface area is 163 Å². The van der Waals surface area contributed by atoms with Gasteiger partial charge in [0.25, 0.3) is 0 Å². The lowest BCUT2D eigenvalue weighted by Gasteiger charge is -2.33. The van der Waals surface area contributed by atoms with E-state index >= 15 is 4.39 Å². The third-order valence-electron chi connectivity index (χ3n) is 3.69. The van der Waals surface area contributed by atoms with Gasteiger partial charge in [-0.25, -0.2) is 23.6 Å². The number of hydrogen-bond acceptors (Lipinski definition) is 8. The first-order chi connectivity index (χ1) is 12.6. The van der Waals surface area contributed by atoms with E-state index in [2.05, 4.69) is 9.47 Å².